The third kappa shape index (κ3) is 8.10. The van der Waals surface area contributed by atoms with Crippen LogP contribution in [-0.4, -0.2) is 88.7 Å². The summed E-state index contributed by atoms with van der Waals surface area (Å²) in [5, 5.41) is 5.98. The molecule has 48 heavy (non-hydrogen) atoms. The molecule has 5 aromatic rings. The van der Waals surface area contributed by atoms with Gasteiger partial charge in [-0.2, -0.15) is 0 Å². The standard InChI is InChI=1S/C34H35AsF3N9O/c1-3-45-14-16-46(17-15-45)21-25-9-8-24(18-27(25)34(36,37)38)32(48)43-26-10-7-23(2)28(19-26)35-33-40-12-13-47(33)31-20-30(41-22-42-31)44-29-6-4-5-11-39-29/h4-13,18-20,22,35H,3,14-17,21H2,1-2H3,(H,43,48)(H,39,41,42,44). The molecular formula is C34H35AsF3N9O. The first kappa shape index (κ1) is 33.3. The van der Waals surface area contributed by atoms with Gasteiger partial charge in [0.1, 0.15) is 0 Å². The van der Waals surface area contributed by atoms with E-state index in [4.69, 9.17) is 0 Å². The molecule has 0 aliphatic carbocycles. The van der Waals surface area contributed by atoms with E-state index in [1.165, 1.54) is 18.5 Å². The van der Waals surface area contributed by atoms with Crippen molar-refractivity contribution in [3.8, 4) is 5.82 Å². The minimum Gasteiger partial charge on any atom is 0.0110 e. The van der Waals surface area contributed by atoms with Gasteiger partial charge in [0.25, 0.3) is 0 Å². The van der Waals surface area contributed by atoms with E-state index in [0.717, 1.165) is 40.2 Å². The normalized spacial score (nSPS) is 14.4. The number of aromatic nitrogens is 5. The molecule has 1 aliphatic rings. The van der Waals surface area contributed by atoms with Crippen molar-refractivity contribution in [3.63, 3.8) is 0 Å². The molecule has 1 fully saturated rings. The number of nitrogens with one attached hydrogen (secondary N) is 2. The molecule has 2 N–H and O–H groups in total. The van der Waals surface area contributed by atoms with E-state index in [2.05, 4.69) is 42.4 Å². The topological polar surface area (TPSA) is 104 Å². The molecule has 248 valence electrons. The molecule has 6 rings (SSSR count). The van der Waals surface area contributed by atoms with Gasteiger partial charge >= 0.3 is 252 Å². The maximum atomic E-state index is 14.2. The van der Waals surface area contributed by atoms with Crippen molar-refractivity contribution >= 4 is 47.9 Å². The number of carbonyl (C=O) groups excluding carboxylic acids is 1. The molecule has 0 radical (unpaired) electrons. The molecule has 1 saturated heterocycles. The predicted octanol–water partition coefficient (Wildman–Crippen LogP) is 3.91. The molecule has 1 aliphatic heterocycles. The van der Waals surface area contributed by atoms with Crippen LogP contribution in [0, 0.1) is 6.92 Å². The molecule has 10 nitrogen and oxygen atoms in total. The second kappa shape index (κ2) is 14.7. The van der Waals surface area contributed by atoms with Crippen molar-refractivity contribution < 1.29 is 18.0 Å². The second-order valence-corrected chi connectivity index (χ2v) is 14.0. The van der Waals surface area contributed by atoms with Gasteiger partial charge in [-0.15, -0.1) is 0 Å². The van der Waals surface area contributed by atoms with Gasteiger partial charge in [0, 0.05) is 13.1 Å². The van der Waals surface area contributed by atoms with Gasteiger partial charge in [0.05, 0.1) is 0 Å². The molecule has 0 saturated carbocycles. The van der Waals surface area contributed by atoms with E-state index in [1.54, 1.807) is 18.5 Å². The number of benzene rings is 2. The van der Waals surface area contributed by atoms with Crippen LogP contribution in [0.25, 0.3) is 5.82 Å². The Balaban J connectivity index is 1.17. The number of anilines is 3. The summed E-state index contributed by atoms with van der Waals surface area (Å²) in [6.07, 6.45) is 2.12. The SMILES string of the molecule is CCN1CCN(Cc2ccc(C(=O)Nc3ccc(C)c([AsH]c4nccn4-c4cc(Nc5ccccn5)ncn4)c3)cc2C(F)(F)F)CC1. The van der Waals surface area contributed by atoms with Crippen LogP contribution < -0.4 is 19.6 Å². The Kier molecular flexibility index (Phi) is 10.2. The van der Waals surface area contributed by atoms with Crippen molar-refractivity contribution in [2.24, 2.45) is 0 Å². The van der Waals surface area contributed by atoms with Crippen molar-refractivity contribution in [1.82, 2.24) is 34.3 Å². The second-order valence-electron chi connectivity index (χ2n) is 11.4. The average Bonchev–Trinajstić information content (AvgIpc) is 3.55. The molecule has 0 spiro atoms. The van der Waals surface area contributed by atoms with Crippen LogP contribution in [0.5, 0.6) is 0 Å². The number of rotatable bonds is 10. The quantitative estimate of drug-likeness (QED) is 0.210. The van der Waals surface area contributed by atoms with E-state index in [9.17, 15) is 18.0 Å². The number of nitrogens with zero attached hydrogens (tertiary/aromatic N) is 7. The average molecular weight is 718 g/mol. The van der Waals surface area contributed by atoms with Gasteiger partial charge in [-0.1, -0.05) is 6.92 Å². The van der Waals surface area contributed by atoms with Crippen molar-refractivity contribution in [3.05, 3.63) is 108 Å². The monoisotopic (exact) mass is 717 g/mol. The van der Waals surface area contributed by atoms with E-state index >= 15 is 0 Å². The maximum absolute atomic E-state index is 14.2. The summed E-state index contributed by atoms with van der Waals surface area (Å²) in [6, 6.07) is 16.7. The number of piperazine rings is 1. The molecule has 4 heterocycles. The first-order valence-electron chi connectivity index (χ1n) is 15.5. The minimum atomic E-state index is -4.58. The number of pyridine rings is 1. The van der Waals surface area contributed by atoms with Gasteiger partial charge in [0.2, 0.25) is 0 Å². The Labute approximate surface area is 283 Å². The van der Waals surface area contributed by atoms with E-state index in [-0.39, 0.29) is 17.7 Å². The number of hydrogen-bond donors (Lipinski definition) is 2. The van der Waals surface area contributed by atoms with Crippen LogP contribution in [0.15, 0.2) is 85.6 Å². The molecule has 3 aromatic heterocycles. The third-order valence-corrected chi connectivity index (χ3v) is 11.1. The summed E-state index contributed by atoms with van der Waals surface area (Å²) >= 11 is -1.02. The summed E-state index contributed by atoms with van der Waals surface area (Å²) in [4.78, 5) is 35.2. The Hall–Kier alpha value is -4.58. The number of aryl methyl sites for hydroxylation is 1. The van der Waals surface area contributed by atoms with Crippen LogP contribution in [-0.2, 0) is 12.7 Å². The molecule has 1 atom stereocenters. The van der Waals surface area contributed by atoms with Crippen LogP contribution in [0.2, 0.25) is 0 Å². The number of amides is 1. The Morgan fingerprint density at radius 1 is 0.896 bits per heavy atom. The van der Waals surface area contributed by atoms with Gasteiger partial charge < -0.3 is 4.90 Å². The molecule has 2 aromatic carbocycles. The number of carbonyl (C=O) groups is 1. The van der Waals surface area contributed by atoms with Crippen molar-refractivity contribution in [2.45, 2.75) is 26.6 Å². The summed E-state index contributed by atoms with van der Waals surface area (Å²) in [5.41, 5.74) is 0.864. The molecule has 14 heteroatoms. The summed E-state index contributed by atoms with van der Waals surface area (Å²) in [7, 11) is 0. The van der Waals surface area contributed by atoms with Crippen LogP contribution in [0.4, 0.5) is 30.5 Å². The zero-order valence-electron chi connectivity index (χ0n) is 26.5. The first-order chi connectivity index (χ1) is 23.2. The number of imidazole rings is 1. The van der Waals surface area contributed by atoms with Crippen molar-refractivity contribution in [1.29, 1.82) is 0 Å². The fourth-order valence-electron chi connectivity index (χ4n) is 5.48. The van der Waals surface area contributed by atoms with E-state index in [1.807, 2.05) is 59.0 Å². The predicted molar refractivity (Wildman–Crippen MR) is 181 cm³/mol. The summed E-state index contributed by atoms with van der Waals surface area (Å²) < 4.78 is 46.2. The van der Waals surface area contributed by atoms with Crippen LogP contribution in [0.1, 0.15) is 34.0 Å². The Morgan fingerprint density at radius 2 is 1.71 bits per heavy atom. The fraction of sp³-hybridized carbons (Fsp3) is 0.265. The van der Waals surface area contributed by atoms with Crippen LogP contribution >= 0.6 is 0 Å². The molecule has 0 bridgehead atoms. The zero-order valence-corrected chi connectivity index (χ0v) is 28.6. The zero-order chi connectivity index (χ0) is 33.7. The Bertz CT molecular complexity index is 1880. The third-order valence-electron chi connectivity index (χ3n) is 8.19. The van der Waals surface area contributed by atoms with Gasteiger partial charge in [-0.05, 0) is 6.54 Å². The molecule has 1 unspecified atom stereocenters. The van der Waals surface area contributed by atoms with E-state index in [0.29, 0.717) is 36.2 Å². The first-order valence-corrected chi connectivity index (χ1v) is 17.6. The Morgan fingerprint density at radius 3 is 2.46 bits per heavy atom. The van der Waals surface area contributed by atoms with Crippen LogP contribution in [0.3, 0.4) is 0 Å². The number of likely N-dealkylation sites (N-methyl/N-ethyl adjacent to an activating group) is 1. The summed E-state index contributed by atoms with van der Waals surface area (Å²) in [6.45, 7) is 8.23. The fourth-order valence-corrected chi connectivity index (χ4v) is 7.99. The summed E-state index contributed by atoms with van der Waals surface area (Å²) in [5.74, 6) is 1.26. The van der Waals surface area contributed by atoms with Crippen molar-refractivity contribution in [2.75, 3.05) is 43.4 Å². The van der Waals surface area contributed by atoms with Gasteiger partial charge in [0.15, 0.2) is 0 Å². The number of alkyl halides is 3. The van der Waals surface area contributed by atoms with E-state index < -0.39 is 33.4 Å². The van der Waals surface area contributed by atoms with Gasteiger partial charge in [-0.25, -0.2) is 0 Å². The molecular weight excluding hydrogens is 682 g/mol. The van der Waals surface area contributed by atoms with Gasteiger partial charge in [-0.3, -0.25) is 0 Å². The smallest absolute Gasteiger partial charge is 0.0110 e. The number of hydrogen-bond acceptors (Lipinski definition) is 8. The molecule has 1 amide bonds. The number of halogens is 3. The minimum absolute atomic E-state index is 0.0468.